The van der Waals surface area contributed by atoms with Crippen molar-refractivity contribution in [2.24, 2.45) is 0 Å². The van der Waals surface area contributed by atoms with Gasteiger partial charge in [-0.05, 0) is 24.3 Å². The summed E-state index contributed by atoms with van der Waals surface area (Å²) in [5.41, 5.74) is 5.91. The van der Waals surface area contributed by atoms with Crippen LogP contribution in [0.3, 0.4) is 0 Å². The van der Waals surface area contributed by atoms with E-state index < -0.39 is 9.84 Å². The molecule has 2 rings (SSSR count). The van der Waals surface area contributed by atoms with Crippen molar-refractivity contribution in [2.75, 3.05) is 11.5 Å². The lowest BCUT2D eigenvalue weighted by atomic mass is 10.3. The van der Waals surface area contributed by atoms with E-state index in [1.54, 1.807) is 23.1 Å². The molecule has 18 heavy (non-hydrogen) atoms. The van der Waals surface area contributed by atoms with Gasteiger partial charge in [0.05, 0.1) is 27.9 Å². The highest BCUT2D eigenvalue weighted by Gasteiger charge is 2.15. The van der Waals surface area contributed by atoms with Crippen LogP contribution in [0.15, 0.2) is 41.6 Å². The third-order valence-electron chi connectivity index (χ3n) is 2.48. The van der Waals surface area contributed by atoms with Gasteiger partial charge in [0.2, 0.25) is 0 Å². The lowest BCUT2D eigenvalue weighted by Crippen LogP contribution is -2.13. The Hall–Kier alpha value is -1.53. The first-order valence-corrected chi connectivity index (χ1v) is 7.27. The Morgan fingerprint density at radius 3 is 2.78 bits per heavy atom. The molecular formula is C11H12ClN3O2S. The summed E-state index contributed by atoms with van der Waals surface area (Å²) in [6.45, 7) is 0.303. The maximum absolute atomic E-state index is 12.1. The first kappa shape index (κ1) is 12.9. The Morgan fingerprint density at radius 2 is 2.17 bits per heavy atom. The van der Waals surface area contributed by atoms with Crippen LogP contribution in [0.25, 0.3) is 0 Å². The second-order valence-electron chi connectivity index (χ2n) is 3.77. The number of hydrogen-bond donors (Lipinski definition) is 1. The van der Waals surface area contributed by atoms with Crippen molar-refractivity contribution in [3.8, 4) is 0 Å². The van der Waals surface area contributed by atoms with Gasteiger partial charge in [-0.1, -0.05) is 11.6 Å². The van der Waals surface area contributed by atoms with E-state index >= 15 is 0 Å². The number of anilines is 1. The van der Waals surface area contributed by atoms with E-state index in [0.29, 0.717) is 12.2 Å². The fraction of sp³-hybridized carbons (Fsp3) is 0.182. The van der Waals surface area contributed by atoms with Crippen LogP contribution in [0.2, 0.25) is 5.02 Å². The van der Waals surface area contributed by atoms with Gasteiger partial charge in [0, 0.05) is 12.4 Å². The zero-order valence-corrected chi connectivity index (χ0v) is 11.0. The summed E-state index contributed by atoms with van der Waals surface area (Å²) in [5, 5.41) is 4.20. The maximum Gasteiger partial charge on any atom is 0.180 e. The molecule has 0 bridgehead atoms. The molecule has 0 saturated carbocycles. The zero-order chi connectivity index (χ0) is 13.2. The second-order valence-corrected chi connectivity index (χ2v) is 6.29. The molecule has 0 spiro atoms. The molecular weight excluding hydrogens is 274 g/mol. The summed E-state index contributed by atoms with van der Waals surface area (Å²) >= 11 is 5.81. The summed E-state index contributed by atoms with van der Waals surface area (Å²) < 4.78 is 25.7. The second kappa shape index (κ2) is 4.99. The van der Waals surface area contributed by atoms with Gasteiger partial charge < -0.3 is 5.73 Å². The molecule has 96 valence electrons. The number of hydrogen-bond acceptors (Lipinski definition) is 4. The summed E-state index contributed by atoms with van der Waals surface area (Å²) in [7, 11) is -3.38. The normalized spacial score (nSPS) is 11.6. The standard InChI is InChI=1S/C11H12ClN3O2S/c12-10-8-9(2-3-11(10)13)18(16,17)7-6-15-5-1-4-14-15/h1-5,8H,6-7,13H2. The van der Waals surface area contributed by atoms with Crippen LogP contribution < -0.4 is 5.73 Å². The Balaban J connectivity index is 2.17. The SMILES string of the molecule is Nc1ccc(S(=O)(=O)CCn2cccn2)cc1Cl. The lowest BCUT2D eigenvalue weighted by molar-refractivity contribution is 0.580. The van der Waals surface area contributed by atoms with Crippen LogP contribution in [0.1, 0.15) is 0 Å². The zero-order valence-electron chi connectivity index (χ0n) is 9.45. The molecule has 0 unspecified atom stereocenters. The Kier molecular flexibility index (Phi) is 3.58. The highest BCUT2D eigenvalue weighted by atomic mass is 35.5. The minimum Gasteiger partial charge on any atom is -0.398 e. The number of nitrogen functional groups attached to an aromatic ring is 1. The van der Waals surface area contributed by atoms with Crippen molar-refractivity contribution in [3.63, 3.8) is 0 Å². The van der Waals surface area contributed by atoms with Crippen LogP contribution >= 0.6 is 11.6 Å². The number of aromatic nitrogens is 2. The maximum atomic E-state index is 12.1. The number of benzene rings is 1. The first-order chi connectivity index (χ1) is 8.49. The molecule has 1 aromatic carbocycles. The molecule has 1 aromatic heterocycles. The van der Waals surface area contributed by atoms with Gasteiger partial charge in [0.1, 0.15) is 0 Å². The molecule has 0 atom stereocenters. The molecule has 0 radical (unpaired) electrons. The molecule has 1 heterocycles. The van der Waals surface area contributed by atoms with E-state index in [4.69, 9.17) is 17.3 Å². The molecule has 0 aliphatic carbocycles. The van der Waals surface area contributed by atoms with Crippen molar-refractivity contribution in [2.45, 2.75) is 11.4 Å². The van der Waals surface area contributed by atoms with Gasteiger partial charge in [-0.2, -0.15) is 5.10 Å². The van der Waals surface area contributed by atoms with Gasteiger partial charge in [-0.25, -0.2) is 8.42 Å². The van der Waals surface area contributed by atoms with E-state index in [1.807, 2.05) is 0 Å². The number of rotatable bonds is 4. The molecule has 7 heteroatoms. The quantitative estimate of drug-likeness (QED) is 0.866. The predicted octanol–water partition coefficient (Wildman–Crippen LogP) is 1.59. The first-order valence-electron chi connectivity index (χ1n) is 5.24. The lowest BCUT2D eigenvalue weighted by Gasteiger charge is -2.06. The monoisotopic (exact) mass is 285 g/mol. The smallest absolute Gasteiger partial charge is 0.180 e. The van der Waals surface area contributed by atoms with E-state index in [0.717, 1.165) is 0 Å². The van der Waals surface area contributed by atoms with Gasteiger partial charge >= 0.3 is 0 Å². The average molecular weight is 286 g/mol. The topological polar surface area (TPSA) is 78.0 Å². The van der Waals surface area contributed by atoms with Gasteiger partial charge in [-0.3, -0.25) is 4.68 Å². The fourth-order valence-electron chi connectivity index (χ4n) is 1.47. The minimum atomic E-state index is -3.38. The molecule has 2 N–H and O–H groups in total. The molecule has 0 aliphatic heterocycles. The summed E-state index contributed by atoms with van der Waals surface area (Å²) in [5.74, 6) is -0.0328. The van der Waals surface area contributed by atoms with Crippen LogP contribution in [0.5, 0.6) is 0 Å². The minimum absolute atomic E-state index is 0.0328. The molecule has 0 saturated heterocycles. The highest BCUT2D eigenvalue weighted by molar-refractivity contribution is 7.91. The van der Waals surface area contributed by atoms with Crippen LogP contribution in [-0.4, -0.2) is 24.0 Å². The number of nitrogens with zero attached hydrogens (tertiary/aromatic N) is 2. The van der Waals surface area contributed by atoms with E-state index in [9.17, 15) is 8.42 Å². The number of aryl methyl sites for hydroxylation is 1. The molecule has 0 fully saturated rings. The predicted molar refractivity (Wildman–Crippen MR) is 70.1 cm³/mol. The largest absolute Gasteiger partial charge is 0.398 e. The number of sulfone groups is 1. The summed E-state index contributed by atoms with van der Waals surface area (Å²) in [6, 6.07) is 6.06. The van der Waals surface area contributed by atoms with Crippen LogP contribution in [0, 0.1) is 0 Å². The van der Waals surface area contributed by atoms with Gasteiger partial charge in [0.25, 0.3) is 0 Å². The Labute approximate surface area is 110 Å². The fourth-order valence-corrected chi connectivity index (χ4v) is 2.95. The third kappa shape index (κ3) is 2.83. The van der Waals surface area contributed by atoms with E-state index in [2.05, 4.69) is 5.10 Å². The summed E-state index contributed by atoms with van der Waals surface area (Å²) in [4.78, 5) is 0.175. The van der Waals surface area contributed by atoms with Crippen molar-refractivity contribution < 1.29 is 8.42 Å². The van der Waals surface area contributed by atoms with Crippen LogP contribution in [0.4, 0.5) is 5.69 Å². The van der Waals surface area contributed by atoms with Crippen molar-refractivity contribution in [1.82, 2.24) is 9.78 Å². The van der Waals surface area contributed by atoms with E-state index in [-0.39, 0.29) is 15.7 Å². The Morgan fingerprint density at radius 1 is 1.39 bits per heavy atom. The van der Waals surface area contributed by atoms with Crippen molar-refractivity contribution >= 4 is 27.1 Å². The molecule has 2 aromatic rings. The van der Waals surface area contributed by atoms with Crippen molar-refractivity contribution in [3.05, 3.63) is 41.7 Å². The van der Waals surface area contributed by atoms with Gasteiger partial charge in [-0.15, -0.1) is 0 Å². The highest BCUT2D eigenvalue weighted by Crippen LogP contribution is 2.23. The summed E-state index contributed by atoms with van der Waals surface area (Å²) in [6.07, 6.45) is 3.32. The molecule has 0 aliphatic rings. The average Bonchev–Trinajstić information content (AvgIpc) is 2.83. The van der Waals surface area contributed by atoms with Crippen molar-refractivity contribution in [1.29, 1.82) is 0 Å². The Bertz CT molecular complexity index is 638. The molecule has 5 nitrogen and oxygen atoms in total. The van der Waals surface area contributed by atoms with E-state index in [1.165, 1.54) is 18.2 Å². The molecule has 0 amide bonds. The van der Waals surface area contributed by atoms with Gasteiger partial charge in [0.15, 0.2) is 9.84 Å². The number of nitrogens with two attached hydrogens (primary N) is 1. The third-order valence-corrected chi connectivity index (χ3v) is 4.50. The van der Waals surface area contributed by atoms with Crippen LogP contribution in [-0.2, 0) is 16.4 Å². The number of halogens is 1.